The SMILES string of the molecule is N#Cc1c(-c2ccc(O)c(F)c2)nc2[nH]ncc2c1-c1ccco1. The van der Waals surface area contributed by atoms with E-state index in [2.05, 4.69) is 21.3 Å². The second-order valence-corrected chi connectivity index (χ2v) is 5.10. The molecule has 0 aliphatic rings. The zero-order valence-electron chi connectivity index (χ0n) is 12.1. The summed E-state index contributed by atoms with van der Waals surface area (Å²) in [5, 5.41) is 26.4. The largest absolute Gasteiger partial charge is 0.505 e. The Morgan fingerprint density at radius 3 is 2.88 bits per heavy atom. The molecule has 0 bridgehead atoms. The highest BCUT2D eigenvalue weighted by Gasteiger charge is 2.21. The van der Waals surface area contributed by atoms with Gasteiger partial charge in [-0.3, -0.25) is 5.10 Å². The number of benzene rings is 1. The number of aromatic amines is 1. The Kier molecular flexibility index (Phi) is 3.03. The lowest BCUT2D eigenvalue weighted by molar-refractivity contribution is 0.432. The van der Waals surface area contributed by atoms with Crippen molar-refractivity contribution < 1.29 is 13.9 Å². The first-order chi connectivity index (χ1) is 11.7. The zero-order chi connectivity index (χ0) is 16.7. The molecule has 4 aromatic rings. The molecule has 2 N–H and O–H groups in total. The average molecular weight is 320 g/mol. The van der Waals surface area contributed by atoms with E-state index in [0.29, 0.717) is 27.9 Å². The molecular weight excluding hydrogens is 311 g/mol. The van der Waals surface area contributed by atoms with Gasteiger partial charge >= 0.3 is 0 Å². The van der Waals surface area contributed by atoms with Crippen LogP contribution in [-0.4, -0.2) is 20.3 Å². The van der Waals surface area contributed by atoms with Crippen LogP contribution in [0.4, 0.5) is 4.39 Å². The van der Waals surface area contributed by atoms with Crippen molar-refractivity contribution in [2.75, 3.05) is 0 Å². The summed E-state index contributed by atoms with van der Waals surface area (Å²) in [6.45, 7) is 0. The number of nitrogens with zero attached hydrogens (tertiary/aromatic N) is 3. The standard InChI is InChI=1S/C17H9FN4O2/c18-12-6-9(3-4-13(12)23)16-10(7-19)15(14-2-1-5-24-14)11-8-20-22-17(11)21-16/h1-6,8,23H,(H,20,21,22). The van der Waals surface area contributed by atoms with Gasteiger partial charge in [-0.2, -0.15) is 10.4 Å². The van der Waals surface area contributed by atoms with Gasteiger partial charge in [0.2, 0.25) is 0 Å². The van der Waals surface area contributed by atoms with Gasteiger partial charge in [-0.05, 0) is 30.3 Å². The van der Waals surface area contributed by atoms with Crippen molar-refractivity contribution in [2.24, 2.45) is 0 Å². The van der Waals surface area contributed by atoms with Gasteiger partial charge in [-0.1, -0.05) is 0 Å². The number of hydrogen-bond donors (Lipinski definition) is 2. The second-order valence-electron chi connectivity index (χ2n) is 5.10. The zero-order valence-corrected chi connectivity index (χ0v) is 12.1. The Bertz CT molecular complexity index is 1090. The third-order valence-corrected chi connectivity index (χ3v) is 3.70. The molecule has 0 saturated heterocycles. The summed E-state index contributed by atoms with van der Waals surface area (Å²) in [6, 6.07) is 9.40. The van der Waals surface area contributed by atoms with Crippen molar-refractivity contribution in [3.05, 3.63) is 54.2 Å². The van der Waals surface area contributed by atoms with Crippen molar-refractivity contribution in [1.29, 1.82) is 5.26 Å². The number of phenolic OH excluding ortho intramolecular Hbond substituents is 1. The lowest BCUT2D eigenvalue weighted by atomic mass is 9.98. The Morgan fingerprint density at radius 2 is 2.17 bits per heavy atom. The molecule has 0 unspecified atom stereocenters. The molecule has 0 amide bonds. The third-order valence-electron chi connectivity index (χ3n) is 3.70. The normalized spacial score (nSPS) is 10.8. The molecule has 3 heterocycles. The minimum absolute atomic E-state index is 0.240. The lowest BCUT2D eigenvalue weighted by Gasteiger charge is -2.09. The Morgan fingerprint density at radius 1 is 1.29 bits per heavy atom. The van der Waals surface area contributed by atoms with Gasteiger partial charge in [-0.15, -0.1) is 0 Å². The first-order valence-electron chi connectivity index (χ1n) is 6.99. The first-order valence-corrected chi connectivity index (χ1v) is 6.99. The number of pyridine rings is 1. The topological polar surface area (TPSA) is 98.7 Å². The van der Waals surface area contributed by atoms with E-state index in [4.69, 9.17) is 4.42 Å². The molecule has 24 heavy (non-hydrogen) atoms. The van der Waals surface area contributed by atoms with Crippen LogP contribution < -0.4 is 0 Å². The molecule has 116 valence electrons. The average Bonchev–Trinajstić information content (AvgIpc) is 3.26. The van der Waals surface area contributed by atoms with Crippen LogP contribution in [0.1, 0.15) is 5.56 Å². The Balaban J connectivity index is 2.10. The molecule has 0 radical (unpaired) electrons. The fourth-order valence-corrected chi connectivity index (χ4v) is 2.62. The maximum absolute atomic E-state index is 13.7. The van der Waals surface area contributed by atoms with E-state index < -0.39 is 11.6 Å². The molecule has 0 atom stereocenters. The van der Waals surface area contributed by atoms with E-state index in [0.717, 1.165) is 6.07 Å². The van der Waals surface area contributed by atoms with Crippen LogP contribution in [0.25, 0.3) is 33.6 Å². The van der Waals surface area contributed by atoms with Crippen LogP contribution in [0.3, 0.4) is 0 Å². The van der Waals surface area contributed by atoms with Gasteiger partial charge in [-0.25, -0.2) is 9.37 Å². The van der Waals surface area contributed by atoms with E-state index in [-0.39, 0.29) is 11.3 Å². The number of nitriles is 1. The molecule has 0 fully saturated rings. The van der Waals surface area contributed by atoms with Crippen LogP contribution in [0, 0.1) is 17.1 Å². The summed E-state index contributed by atoms with van der Waals surface area (Å²) in [5.41, 5.74) is 1.86. The second kappa shape index (κ2) is 5.21. The Hall–Kier alpha value is -3.66. The van der Waals surface area contributed by atoms with Crippen molar-refractivity contribution in [3.63, 3.8) is 0 Å². The smallest absolute Gasteiger partial charge is 0.165 e. The highest BCUT2D eigenvalue weighted by atomic mass is 19.1. The molecule has 1 aromatic carbocycles. The van der Waals surface area contributed by atoms with Gasteiger partial charge < -0.3 is 9.52 Å². The minimum atomic E-state index is -0.789. The predicted molar refractivity (Wildman–Crippen MR) is 83.4 cm³/mol. The summed E-state index contributed by atoms with van der Waals surface area (Å²) < 4.78 is 19.2. The maximum atomic E-state index is 13.7. The number of furan rings is 1. The summed E-state index contributed by atoms with van der Waals surface area (Å²) >= 11 is 0. The number of rotatable bonds is 2. The minimum Gasteiger partial charge on any atom is -0.505 e. The van der Waals surface area contributed by atoms with Gasteiger partial charge in [0.25, 0.3) is 0 Å². The molecule has 3 aromatic heterocycles. The molecule has 0 aliphatic heterocycles. The molecule has 6 nitrogen and oxygen atoms in total. The summed E-state index contributed by atoms with van der Waals surface area (Å²) in [4.78, 5) is 4.39. The van der Waals surface area contributed by atoms with E-state index in [1.54, 1.807) is 18.3 Å². The lowest BCUT2D eigenvalue weighted by Crippen LogP contribution is -1.95. The van der Waals surface area contributed by atoms with Crippen molar-refractivity contribution in [3.8, 4) is 34.4 Å². The number of H-pyrrole nitrogens is 1. The number of aromatic hydroxyl groups is 1. The van der Waals surface area contributed by atoms with Crippen LogP contribution >= 0.6 is 0 Å². The van der Waals surface area contributed by atoms with Crippen molar-refractivity contribution in [1.82, 2.24) is 15.2 Å². The van der Waals surface area contributed by atoms with Crippen molar-refractivity contribution >= 4 is 11.0 Å². The van der Waals surface area contributed by atoms with E-state index in [9.17, 15) is 14.8 Å². The van der Waals surface area contributed by atoms with Crippen LogP contribution in [0.15, 0.2) is 47.2 Å². The number of halogens is 1. The van der Waals surface area contributed by atoms with E-state index in [1.807, 2.05) is 0 Å². The summed E-state index contributed by atoms with van der Waals surface area (Å²) in [6.07, 6.45) is 3.06. The first kappa shape index (κ1) is 14.0. The molecule has 0 saturated carbocycles. The van der Waals surface area contributed by atoms with Crippen molar-refractivity contribution in [2.45, 2.75) is 0 Å². The Labute approximate surface area is 134 Å². The van der Waals surface area contributed by atoms with E-state index in [1.165, 1.54) is 18.4 Å². The van der Waals surface area contributed by atoms with E-state index >= 15 is 0 Å². The fraction of sp³-hybridized carbons (Fsp3) is 0. The fourth-order valence-electron chi connectivity index (χ4n) is 2.62. The number of aromatic nitrogens is 3. The molecular formula is C17H9FN4O2. The predicted octanol–water partition coefficient (Wildman–Crippen LogP) is 3.60. The van der Waals surface area contributed by atoms with Gasteiger partial charge in [0.1, 0.15) is 11.8 Å². The monoisotopic (exact) mass is 320 g/mol. The molecule has 0 aliphatic carbocycles. The summed E-state index contributed by atoms with van der Waals surface area (Å²) in [7, 11) is 0. The van der Waals surface area contributed by atoms with Crippen LogP contribution in [0.5, 0.6) is 5.75 Å². The van der Waals surface area contributed by atoms with Crippen LogP contribution in [0.2, 0.25) is 0 Å². The number of nitrogens with one attached hydrogen (secondary N) is 1. The molecule has 4 rings (SSSR count). The molecule has 0 spiro atoms. The number of hydrogen-bond acceptors (Lipinski definition) is 5. The van der Waals surface area contributed by atoms with Gasteiger partial charge in [0.15, 0.2) is 17.2 Å². The number of fused-ring (bicyclic) bond motifs is 1. The molecule has 7 heteroatoms. The van der Waals surface area contributed by atoms with Gasteiger partial charge in [0, 0.05) is 11.1 Å². The summed E-state index contributed by atoms with van der Waals surface area (Å²) in [5.74, 6) is -0.769. The van der Waals surface area contributed by atoms with Gasteiger partial charge in [0.05, 0.1) is 29.1 Å². The van der Waals surface area contributed by atoms with Crippen LogP contribution in [-0.2, 0) is 0 Å². The highest BCUT2D eigenvalue weighted by Crippen LogP contribution is 2.36. The third kappa shape index (κ3) is 2.01. The number of phenols is 1. The quantitative estimate of drug-likeness (QED) is 0.588. The maximum Gasteiger partial charge on any atom is 0.165 e. The highest BCUT2D eigenvalue weighted by molar-refractivity contribution is 5.97.